The van der Waals surface area contributed by atoms with Crippen molar-refractivity contribution in [3.8, 4) is 5.75 Å². The van der Waals surface area contributed by atoms with Crippen LogP contribution in [0.5, 0.6) is 5.75 Å². The molecule has 3 heteroatoms. The third-order valence-corrected chi connectivity index (χ3v) is 5.83. The number of anilines is 1. The minimum atomic E-state index is 0.150. The van der Waals surface area contributed by atoms with E-state index in [1.165, 1.54) is 22.3 Å². The Morgan fingerprint density at radius 3 is 2.12 bits per heavy atom. The van der Waals surface area contributed by atoms with E-state index in [0.717, 1.165) is 23.6 Å². The number of hydrogen-bond acceptors (Lipinski definition) is 3. The number of ether oxygens (including phenoxy) is 1. The molecular formula is C29H26N2O. The molecule has 0 spiro atoms. The molecule has 0 saturated heterocycles. The first-order valence-electron chi connectivity index (χ1n) is 11.0. The van der Waals surface area contributed by atoms with Crippen LogP contribution in [0.3, 0.4) is 0 Å². The normalized spacial score (nSPS) is 15.5. The second kappa shape index (κ2) is 9.11. The van der Waals surface area contributed by atoms with Gasteiger partial charge >= 0.3 is 0 Å². The molecule has 0 saturated carbocycles. The van der Waals surface area contributed by atoms with E-state index in [9.17, 15) is 0 Å². The summed E-state index contributed by atoms with van der Waals surface area (Å²) in [6.07, 6.45) is 0.863. The average Bonchev–Trinajstić information content (AvgIpc) is 3.30. The van der Waals surface area contributed by atoms with Gasteiger partial charge in [0.05, 0.1) is 17.4 Å². The Hall–Kier alpha value is -3.85. The predicted octanol–water partition coefficient (Wildman–Crippen LogP) is 6.93. The highest BCUT2D eigenvalue weighted by molar-refractivity contribution is 6.03. The van der Waals surface area contributed by atoms with Crippen LogP contribution >= 0.6 is 0 Å². The molecule has 1 aliphatic heterocycles. The van der Waals surface area contributed by atoms with Crippen molar-refractivity contribution in [2.45, 2.75) is 26.0 Å². The number of nitrogens with zero attached hydrogens (tertiary/aromatic N) is 2. The van der Waals surface area contributed by atoms with Crippen LogP contribution < -0.4 is 9.75 Å². The number of benzene rings is 4. The van der Waals surface area contributed by atoms with Crippen LogP contribution in [0.1, 0.15) is 34.7 Å². The molecule has 0 fully saturated rings. The van der Waals surface area contributed by atoms with Crippen molar-refractivity contribution in [2.24, 2.45) is 5.10 Å². The summed E-state index contributed by atoms with van der Waals surface area (Å²) in [5, 5.41) is 7.18. The minimum Gasteiger partial charge on any atom is -0.489 e. The van der Waals surface area contributed by atoms with Gasteiger partial charge in [-0.2, -0.15) is 5.10 Å². The highest BCUT2D eigenvalue weighted by Crippen LogP contribution is 2.37. The number of para-hydroxylation sites is 1. The van der Waals surface area contributed by atoms with Gasteiger partial charge in [-0.15, -0.1) is 0 Å². The van der Waals surface area contributed by atoms with Gasteiger partial charge in [-0.05, 0) is 47.9 Å². The maximum Gasteiger partial charge on any atom is 0.119 e. The molecule has 1 atom stereocenters. The van der Waals surface area contributed by atoms with Crippen LogP contribution in [-0.2, 0) is 6.61 Å². The number of aryl methyl sites for hydroxylation is 1. The van der Waals surface area contributed by atoms with Gasteiger partial charge in [0.2, 0.25) is 0 Å². The van der Waals surface area contributed by atoms with Crippen LogP contribution in [0, 0.1) is 6.92 Å². The number of rotatable bonds is 6. The van der Waals surface area contributed by atoms with E-state index < -0.39 is 0 Å². The second-order valence-electron chi connectivity index (χ2n) is 8.16. The molecule has 1 heterocycles. The lowest BCUT2D eigenvalue weighted by Gasteiger charge is -2.24. The molecule has 0 bridgehead atoms. The quantitative estimate of drug-likeness (QED) is 0.339. The van der Waals surface area contributed by atoms with Gasteiger partial charge in [0, 0.05) is 6.42 Å². The molecule has 4 aromatic rings. The summed E-state index contributed by atoms with van der Waals surface area (Å²) in [7, 11) is 0. The van der Waals surface area contributed by atoms with Crippen molar-refractivity contribution >= 4 is 11.4 Å². The van der Waals surface area contributed by atoms with Crippen LogP contribution in [0.15, 0.2) is 114 Å². The lowest BCUT2D eigenvalue weighted by molar-refractivity contribution is 0.306. The van der Waals surface area contributed by atoms with Crippen molar-refractivity contribution in [1.29, 1.82) is 0 Å². The Balaban J connectivity index is 1.38. The smallest absolute Gasteiger partial charge is 0.119 e. The summed E-state index contributed by atoms with van der Waals surface area (Å²) in [6, 6.07) is 37.9. The molecule has 0 aliphatic carbocycles. The van der Waals surface area contributed by atoms with Crippen molar-refractivity contribution in [3.63, 3.8) is 0 Å². The zero-order chi connectivity index (χ0) is 21.8. The van der Waals surface area contributed by atoms with E-state index in [-0.39, 0.29) is 6.04 Å². The fourth-order valence-corrected chi connectivity index (χ4v) is 4.04. The zero-order valence-electron chi connectivity index (χ0n) is 18.2. The number of hydrazone groups is 1. The van der Waals surface area contributed by atoms with Crippen LogP contribution in [0.2, 0.25) is 0 Å². The van der Waals surface area contributed by atoms with Crippen molar-refractivity contribution < 1.29 is 4.74 Å². The molecular weight excluding hydrogens is 392 g/mol. The Labute approximate surface area is 189 Å². The fraction of sp³-hybridized carbons (Fsp3) is 0.138. The van der Waals surface area contributed by atoms with Gasteiger partial charge in [0.15, 0.2) is 0 Å². The fourth-order valence-electron chi connectivity index (χ4n) is 4.04. The molecule has 32 heavy (non-hydrogen) atoms. The minimum absolute atomic E-state index is 0.150. The zero-order valence-corrected chi connectivity index (χ0v) is 18.2. The van der Waals surface area contributed by atoms with Crippen LogP contribution in [0.25, 0.3) is 0 Å². The van der Waals surface area contributed by atoms with Gasteiger partial charge in [0.25, 0.3) is 0 Å². The predicted molar refractivity (Wildman–Crippen MR) is 131 cm³/mol. The summed E-state index contributed by atoms with van der Waals surface area (Å²) >= 11 is 0. The Morgan fingerprint density at radius 2 is 1.44 bits per heavy atom. The molecule has 1 unspecified atom stereocenters. The lowest BCUT2D eigenvalue weighted by Crippen LogP contribution is -2.18. The monoisotopic (exact) mass is 418 g/mol. The Morgan fingerprint density at radius 1 is 0.781 bits per heavy atom. The van der Waals surface area contributed by atoms with Gasteiger partial charge in [-0.1, -0.05) is 90.5 Å². The highest BCUT2D eigenvalue weighted by atomic mass is 16.5. The van der Waals surface area contributed by atoms with Gasteiger partial charge < -0.3 is 4.74 Å². The van der Waals surface area contributed by atoms with E-state index in [1.807, 2.05) is 24.3 Å². The van der Waals surface area contributed by atoms with Gasteiger partial charge in [0.1, 0.15) is 12.4 Å². The molecule has 5 rings (SSSR count). The third-order valence-electron chi connectivity index (χ3n) is 5.83. The van der Waals surface area contributed by atoms with E-state index >= 15 is 0 Å². The molecule has 0 N–H and O–H groups in total. The molecule has 0 aromatic heterocycles. The molecule has 4 aromatic carbocycles. The largest absolute Gasteiger partial charge is 0.489 e. The first-order valence-corrected chi connectivity index (χ1v) is 11.0. The number of hydrogen-bond donors (Lipinski definition) is 0. The first kappa shape index (κ1) is 20.1. The van der Waals surface area contributed by atoms with E-state index in [4.69, 9.17) is 9.84 Å². The highest BCUT2D eigenvalue weighted by Gasteiger charge is 2.29. The standard InChI is InChI=1S/C29H26N2O/c1-22-12-14-24(15-13-22)28-20-29(31(30-28)26-10-6-3-7-11-26)25-16-18-27(19-17-25)32-21-23-8-4-2-5-9-23/h2-19,29H,20-21H2,1H3. The summed E-state index contributed by atoms with van der Waals surface area (Å²) < 4.78 is 5.98. The first-order chi connectivity index (χ1) is 15.8. The molecule has 158 valence electrons. The maximum absolute atomic E-state index is 5.98. The topological polar surface area (TPSA) is 24.8 Å². The van der Waals surface area contributed by atoms with Gasteiger partial charge in [-0.25, -0.2) is 0 Å². The molecule has 0 amide bonds. The van der Waals surface area contributed by atoms with Gasteiger partial charge in [-0.3, -0.25) is 5.01 Å². The SMILES string of the molecule is Cc1ccc(C2=NN(c3ccccc3)C(c3ccc(OCc4ccccc4)cc3)C2)cc1. The summed E-state index contributed by atoms with van der Waals surface area (Å²) in [6.45, 7) is 2.68. The molecule has 3 nitrogen and oxygen atoms in total. The lowest BCUT2D eigenvalue weighted by atomic mass is 9.97. The van der Waals surface area contributed by atoms with Crippen molar-refractivity contribution in [1.82, 2.24) is 0 Å². The Kier molecular flexibility index (Phi) is 5.71. The summed E-state index contributed by atoms with van der Waals surface area (Å²) in [5.41, 5.74) is 7.05. The second-order valence-corrected chi connectivity index (χ2v) is 8.16. The Bertz CT molecular complexity index is 1180. The average molecular weight is 419 g/mol. The third kappa shape index (κ3) is 4.42. The van der Waals surface area contributed by atoms with Crippen molar-refractivity contribution in [2.75, 3.05) is 5.01 Å². The molecule has 1 aliphatic rings. The van der Waals surface area contributed by atoms with Crippen molar-refractivity contribution in [3.05, 3.63) is 131 Å². The summed E-state index contributed by atoms with van der Waals surface area (Å²) in [5.74, 6) is 0.876. The maximum atomic E-state index is 5.98. The van der Waals surface area contributed by atoms with Crippen LogP contribution in [-0.4, -0.2) is 5.71 Å². The van der Waals surface area contributed by atoms with Crippen LogP contribution in [0.4, 0.5) is 5.69 Å². The molecule has 0 radical (unpaired) electrons. The van der Waals surface area contributed by atoms with E-state index in [0.29, 0.717) is 6.61 Å². The van der Waals surface area contributed by atoms with E-state index in [2.05, 4.69) is 96.9 Å². The summed E-state index contributed by atoms with van der Waals surface area (Å²) in [4.78, 5) is 0. The van der Waals surface area contributed by atoms with E-state index in [1.54, 1.807) is 0 Å².